The fraction of sp³-hybridized carbons (Fsp3) is 0. The van der Waals surface area contributed by atoms with Gasteiger partial charge in [-0.05, 0) is 54.6 Å². The third-order valence-corrected chi connectivity index (χ3v) is 5.79. The number of hydrogen-bond donors (Lipinski definition) is 0. The van der Waals surface area contributed by atoms with E-state index >= 15 is 0 Å². The maximum Gasteiger partial charge on any atom is 0.286 e. The van der Waals surface area contributed by atoms with E-state index in [4.69, 9.17) is 16.6 Å². The van der Waals surface area contributed by atoms with Crippen molar-refractivity contribution in [3.05, 3.63) is 105 Å². The van der Waals surface area contributed by atoms with E-state index in [1.54, 1.807) is 53.4 Å². The first-order chi connectivity index (χ1) is 15.5. The van der Waals surface area contributed by atoms with Crippen molar-refractivity contribution in [2.24, 2.45) is 0 Å². The van der Waals surface area contributed by atoms with E-state index in [0.717, 1.165) is 10.0 Å². The molecule has 5 rings (SSSR count). The van der Waals surface area contributed by atoms with Crippen LogP contribution in [0.5, 0.6) is 0 Å². The summed E-state index contributed by atoms with van der Waals surface area (Å²) in [6.45, 7) is 0. The van der Waals surface area contributed by atoms with Gasteiger partial charge in [0.25, 0.3) is 5.56 Å². The molecule has 0 fully saturated rings. The maximum absolute atomic E-state index is 13.6. The highest BCUT2D eigenvalue weighted by atomic mass is 79.9. The van der Waals surface area contributed by atoms with Crippen molar-refractivity contribution < 1.29 is 0 Å². The molecule has 32 heavy (non-hydrogen) atoms. The first-order valence-electron chi connectivity index (χ1n) is 9.58. The van der Waals surface area contributed by atoms with Crippen LogP contribution in [0.1, 0.15) is 5.56 Å². The average Bonchev–Trinajstić information content (AvgIpc) is 3.25. The summed E-state index contributed by atoms with van der Waals surface area (Å²) in [7, 11) is 0. The molecule has 2 aromatic heterocycles. The van der Waals surface area contributed by atoms with Crippen LogP contribution in [0.4, 0.5) is 0 Å². The van der Waals surface area contributed by atoms with Crippen molar-refractivity contribution >= 4 is 38.7 Å². The number of nitriles is 1. The molecule has 5 aromatic rings. The number of rotatable bonds is 3. The lowest BCUT2D eigenvalue weighted by atomic mass is 10.2. The number of fused-ring (bicyclic) bond motifs is 1. The van der Waals surface area contributed by atoms with Gasteiger partial charge in [0.15, 0.2) is 11.2 Å². The molecule has 0 aliphatic heterocycles. The summed E-state index contributed by atoms with van der Waals surface area (Å²) >= 11 is 9.51. The van der Waals surface area contributed by atoms with Crippen molar-refractivity contribution in [3.8, 4) is 28.8 Å². The lowest BCUT2D eigenvalue weighted by molar-refractivity contribution is 0.962. The third-order valence-electron chi connectivity index (χ3n) is 5.01. The van der Waals surface area contributed by atoms with Gasteiger partial charge in [0.2, 0.25) is 0 Å². The summed E-state index contributed by atoms with van der Waals surface area (Å²) in [5, 5.41) is 9.83. The molecule has 8 heteroatoms. The molecule has 0 atom stereocenters. The molecular weight excluding hydrogens is 490 g/mol. The van der Waals surface area contributed by atoms with Gasteiger partial charge in [-0.15, -0.1) is 0 Å². The summed E-state index contributed by atoms with van der Waals surface area (Å²) in [6.07, 6.45) is 1.55. The van der Waals surface area contributed by atoms with Crippen LogP contribution < -0.4 is 5.56 Å². The standard InChI is InChI=1S/C24H13BrClN5O/c25-17-6-4-16(5-7-17)22-29-23-21(24(32)31(22)19-10-8-18(26)9-11-19)28-14-30(23)20-3-1-2-15(12-20)13-27/h1-12,14H. The van der Waals surface area contributed by atoms with Crippen molar-refractivity contribution in [2.75, 3.05) is 0 Å². The zero-order valence-corrected chi connectivity index (χ0v) is 18.7. The van der Waals surface area contributed by atoms with Gasteiger partial charge >= 0.3 is 0 Å². The van der Waals surface area contributed by atoms with Crippen molar-refractivity contribution in [3.63, 3.8) is 0 Å². The van der Waals surface area contributed by atoms with Crippen LogP contribution >= 0.6 is 27.5 Å². The molecule has 0 spiro atoms. The maximum atomic E-state index is 13.6. The van der Waals surface area contributed by atoms with E-state index in [0.29, 0.717) is 33.4 Å². The highest BCUT2D eigenvalue weighted by Gasteiger charge is 2.19. The zero-order chi connectivity index (χ0) is 22.2. The fourth-order valence-electron chi connectivity index (χ4n) is 3.49. The number of halogens is 2. The fourth-order valence-corrected chi connectivity index (χ4v) is 3.88. The molecule has 0 N–H and O–H groups in total. The average molecular weight is 503 g/mol. The van der Waals surface area contributed by atoms with E-state index in [2.05, 4.69) is 27.0 Å². The molecule has 0 saturated heterocycles. The summed E-state index contributed by atoms with van der Waals surface area (Å²) in [6, 6.07) is 23.8. The Morgan fingerprint density at radius 2 is 1.72 bits per heavy atom. The van der Waals surface area contributed by atoms with Crippen molar-refractivity contribution in [1.29, 1.82) is 5.26 Å². The van der Waals surface area contributed by atoms with Gasteiger partial charge in [-0.1, -0.05) is 45.7 Å². The Kier molecular flexibility index (Phi) is 5.10. The number of hydrogen-bond acceptors (Lipinski definition) is 4. The van der Waals surface area contributed by atoms with Gasteiger partial charge in [0.1, 0.15) is 12.2 Å². The first kappa shape index (κ1) is 20.2. The molecule has 154 valence electrons. The van der Waals surface area contributed by atoms with Crippen LogP contribution in [0.15, 0.2) is 88.4 Å². The van der Waals surface area contributed by atoms with Crippen LogP contribution in [0.2, 0.25) is 5.02 Å². The van der Waals surface area contributed by atoms with Crippen LogP contribution in [0.25, 0.3) is 33.9 Å². The molecule has 0 unspecified atom stereocenters. The molecular formula is C24H13BrClN5O. The summed E-state index contributed by atoms with van der Waals surface area (Å²) < 4.78 is 4.16. The van der Waals surface area contributed by atoms with Gasteiger partial charge in [-0.3, -0.25) is 13.9 Å². The topological polar surface area (TPSA) is 76.5 Å². The monoisotopic (exact) mass is 501 g/mol. The van der Waals surface area contributed by atoms with E-state index in [1.807, 2.05) is 30.3 Å². The van der Waals surface area contributed by atoms with Crippen molar-refractivity contribution in [2.45, 2.75) is 0 Å². The smallest absolute Gasteiger partial charge is 0.283 e. The second kappa shape index (κ2) is 8.08. The molecule has 0 saturated carbocycles. The van der Waals surface area contributed by atoms with Crippen LogP contribution in [-0.4, -0.2) is 19.1 Å². The van der Waals surface area contributed by atoms with E-state index in [1.165, 1.54) is 4.57 Å². The quantitative estimate of drug-likeness (QED) is 0.325. The Bertz CT molecular complexity index is 1560. The highest BCUT2D eigenvalue weighted by molar-refractivity contribution is 9.10. The Labute approximate surface area is 196 Å². The van der Waals surface area contributed by atoms with E-state index in [-0.39, 0.29) is 11.1 Å². The van der Waals surface area contributed by atoms with Gasteiger partial charge in [-0.25, -0.2) is 9.97 Å². The second-order valence-corrected chi connectivity index (χ2v) is 8.36. The molecule has 0 bridgehead atoms. The Balaban J connectivity index is 1.83. The molecule has 6 nitrogen and oxygen atoms in total. The number of aromatic nitrogens is 4. The SMILES string of the molecule is N#Cc1cccc(-n2cnc3c(=O)n(-c4ccc(Cl)cc4)c(-c4ccc(Br)cc4)nc32)c1. The predicted molar refractivity (Wildman–Crippen MR) is 127 cm³/mol. The number of nitrogens with zero attached hydrogens (tertiary/aromatic N) is 5. The molecule has 0 aliphatic rings. The lowest BCUT2D eigenvalue weighted by Gasteiger charge is -2.13. The van der Waals surface area contributed by atoms with Crippen LogP contribution in [0, 0.1) is 11.3 Å². The van der Waals surface area contributed by atoms with E-state index in [9.17, 15) is 10.1 Å². The minimum atomic E-state index is -0.301. The largest absolute Gasteiger partial charge is 0.286 e. The lowest BCUT2D eigenvalue weighted by Crippen LogP contribution is -2.22. The predicted octanol–water partition coefficient (Wildman–Crippen LogP) is 5.53. The summed E-state index contributed by atoms with van der Waals surface area (Å²) in [4.78, 5) is 22.8. The van der Waals surface area contributed by atoms with Gasteiger partial charge < -0.3 is 0 Å². The minimum absolute atomic E-state index is 0.225. The number of imidazole rings is 1. The molecule has 2 heterocycles. The Morgan fingerprint density at radius 3 is 2.44 bits per heavy atom. The molecule has 3 aromatic carbocycles. The third kappa shape index (κ3) is 3.50. The Hall–Kier alpha value is -3.73. The van der Waals surface area contributed by atoms with Gasteiger partial charge in [0, 0.05) is 20.7 Å². The van der Waals surface area contributed by atoms with Crippen molar-refractivity contribution in [1.82, 2.24) is 19.1 Å². The second-order valence-electron chi connectivity index (χ2n) is 7.01. The molecule has 0 aliphatic carbocycles. The highest BCUT2D eigenvalue weighted by Crippen LogP contribution is 2.25. The van der Waals surface area contributed by atoms with E-state index < -0.39 is 0 Å². The molecule has 0 amide bonds. The Morgan fingerprint density at radius 1 is 0.969 bits per heavy atom. The van der Waals surface area contributed by atoms with Gasteiger partial charge in [0.05, 0.1) is 17.3 Å². The van der Waals surface area contributed by atoms with Crippen LogP contribution in [-0.2, 0) is 0 Å². The minimum Gasteiger partial charge on any atom is -0.283 e. The summed E-state index contributed by atoms with van der Waals surface area (Å²) in [5.74, 6) is 0.468. The normalized spacial score (nSPS) is 10.9. The first-order valence-corrected chi connectivity index (χ1v) is 10.7. The zero-order valence-electron chi connectivity index (χ0n) is 16.4. The van der Waals surface area contributed by atoms with Crippen LogP contribution in [0.3, 0.4) is 0 Å². The summed E-state index contributed by atoms with van der Waals surface area (Å²) in [5.41, 5.74) is 2.94. The number of benzene rings is 3. The van der Waals surface area contributed by atoms with Gasteiger partial charge in [-0.2, -0.15) is 5.26 Å². The molecule has 0 radical (unpaired) electrons.